The average Bonchev–Trinajstić information content (AvgIpc) is 2.82. The molecule has 0 atom stereocenters. The molecule has 0 saturated carbocycles. The third kappa shape index (κ3) is 3.39. The fourth-order valence-corrected chi connectivity index (χ4v) is 3.30. The second-order valence-electron chi connectivity index (χ2n) is 5.87. The molecule has 1 N–H and O–H groups in total. The highest BCUT2D eigenvalue weighted by atomic mass is 79.9. The van der Waals surface area contributed by atoms with Gasteiger partial charge in [0.1, 0.15) is 5.82 Å². The average molecular weight is 374 g/mol. The number of carbonyl (C=O) groups is 1. The molecule has 1 heterocycles. The molecule has 1 amide bonds. The van der Waals surface area contributed by atoms with Gasteiger partial charge in [-0.05, 0) is 62.4 Å². The first kappa shape index (κ1) is 16.0. The van der Waals surface area contributed by atoms with Crippen LogP contribution < -0.4 is 5.32 Å². The van der Waals surface area contributed by atoms with Crippen molar-refractivity contribution < 1.29 is 4.79 Å². The smallest absolute Gasteiger partial charge is 0.256 e. The van der Waals surface area contributed by atoms with Crippen molar-refractivity contribution in [2.75, 3.05) is 5.32 Å². The number of nitrogens with zero attached hydrogens (tertiary/aromatic N) is 2. The molecule has 1 aromatic carbocycles. The molecule has 0 bridgehead atoms. The molecule has 0 saturated heterocycles. The molecule has 0 unspecified atom stereocenters. The van der Waals surface area contributed by atoms with Crippen LogP contribution in [0, 0.1) is 6.92 Å². The molecule has 1 aliphatic rings. The van der Waals surface area contributed by atoms with Crippen LogP contribution in [0.4, 0.5) is 5.82 Å². The van der Waals surface area contributed by atoms with Crippen molar-refractivity contribution in [2.45, 2.75) is 32.6 Å². The van der Waals surface area contributed by atoms with Gasteiger partial charge < -0.3 is 5.32 Å². The van der Waals surface area contributed by atoms with Crippen LogP contribution in [-0.4, -0.2) is 15.7 Å². The van der Waals surface area contributed by atoms with Crippen LogP contribution in [0.1, 0.15) is 47.3 Å². The topological polar surface area (TPSA) is 46.9 Å². The van der Waals surface area contributed by atoms with Gasteiger partial charge in [0.05, 0.1) is 5.69 Å². The van der Waals surface area contributed by atoms with E-state index in [0.717, 1.165) is 34.4 Å². The second kappa shape index (κ2) is 6.71. The van der Waals surface area contributed by atoms with Gasteiger partial charge in [-0.1, -0.05) is 22.0 Å². The Morgan fingerprint density at radius 2 is 2.00 bits per heavy atom. The minimum absolute atomic E-state index is 0.113. The van der Waals surface area contributed by atoms with E-state index in [2.05, 4.69) is 32.4 Å². The van der Waals surface area contributed by atoms with Crippen LogP contribution in [-0.2, 0) is 7.05 Å². The van der Waals surface area contributed by atoms with Crippen LogP contribution in [0.15, 0.2) is 34.8 Å². The molecular weight excluding hydrogens is 354 g/mol. The summed E-state index contributed by atoms with van der Waals surface area (Å²) in [5, 5.41) is 7.54. The summed E-state index contributed by atoms with van der Waals surface area (Å²) < 4.78 is 2.72. The fraction of sp³-hybridized carbons (Fsp3) is 0.333. The molecule has 3 rings (SSSR count). The highest BCUT2D eigenvalue weighted by Crippen LogP contribution is 2.33. The van der Waals surface area contributed by atoms with Crippen LogP contribution in [0.25, 0.3) is 5.57 Å². The monoisotopic (exact) mass is 373 g/mol. The van der Waals surface area contributed by atoms with Gasteiger partial charge in [0.2, 0.25) is 0 Å². The Hall–Kier alpha value is -1.88. The molecule has 0 radical (unpaired) electrons. The summed E-state index contributed by atoms with van der Waals surface area (Å²) in [5.41, 5.74) is 3.98. The van der Waals surface area contributed by atoms with E-state index in [1.807, 2.05) is 38.2 Å². The molecule has 0 aliphatic heterocycles. The van der Waals surface area contributed by atoms with Crippen molar-refractivity contribution in [1.82, 2.24) is 9.78 Å². The van der Waals surface area contributed by atoms with E-state index in [9.17, 15) is 4.79 Å². The molecule has 23 heavy (non-hydrogen) atoms. The van der Waals surface area contributed by atoms with E-state index in [-0.39, 0.29) is 5.91 Å². The molecule has 120 valence electrons. The second-order valence-corrected chi connectivity index (χ2v) is 6.78. The normalized spacial score (nSPS) is 14.5. The maximum Gasteiger partial charge on any atom is 0.256 e. The van der Waals surface area contributed by atoms with Crippen molar-refractivity contribution in [3.05, 3.63) is 51.6 Å². The van der Waals surface area contributed by atoms with Crippen molar-refractivity contribution in [3.8, 4) is 0 Å². The minimum Gasteiger partial charge on any atom is -0.306 e. The van der Waals surface area contributed by atoms with Gasteiger partial charge in [-0.25, -0.2) is 0 Å². The summed E-state index contributed by atoms with van der Waals surface area (Å²) in [6.45, 7) is 2.00. The number of halogens is 1. The summed E-state index contributed by atoms with van der Waals surface area (Å²) in [4.78, 5) is 12.5. The number of aryl methyl sites for hydroxylation is 2. The maximum atomic E-state index is 12.5. The highest BCUT2D eigenvalue weighted by Gasteiger charge is 2.20. The van der Waals surface area contributed by atoms with Crippen LogP contribution in [0.5, 0.6) is 0 Å². The first-order chi connectivity index (χ1) is 11.1. The van der Waals surface area contributed by atoms with Crippen molar-refractivity contribution in [3.63, 3.8) is 0 Å². The van der Waals surface area contributed by atoms with Gasteiger partial charge >= 0.3 is 0 Å². The molecule has 1 aliphatic carbocycles. The van der Waals surface area contributed by atoms with Gasteiger partial charge in [-0.2, -0.15) is 5.10 Å². The Balaban J connectivity index is 1.92. The molecular formula is C18H20BrN3O. The van der Waals surface area contributed by atoms with Crippen LogP contribution in [0.3, 0.4) is 0 Å². The highest BCUT2D eigenvalue weighted by molar-refractivity contribution is 9.10. The van der Waals surface area contributed by atoms with E-state index in [0.29, 0.717) is 5.56 Å². The molecule has 0 spiro atoms. The number of anilines is 1. The third-order valence-corrected chi connectivity index (χ3v) is 4.70. The van der Waals surface area contributed by atoms with E-state index in [1.54, 1.807) is 4.68 Å². The summed E-state index contributed by atoms with van der Waals surface area (Å²) >= 11 is 3.39. The lowest BCUT2D eigenvalue weighted by Crippen LogP contribution is -2.15. The van der Waals surface area contributed by atoms with Crippen molar-refractivity contribution in [1.29, 1.82) is 0 Å². The lowest BCUT2D eigenvalue weighted by atomic mass is 9.93. The number of aromatic nitrogens is 2. The zero-order valence-electron chi connectivity index (χ0n) is 13.4. The van der Waals surface area contributed by atoms with E-state index < -0.39 is 0 Å². The Bertz CT molecular complexity index is 759. The minimum atomic E-state index is -0.113. The van der Waals surface area contributed by atoms with Crippen LogP contribution in [0.2, 0.25) is 0 Å². The quantitative estimate of drug-likeness (QED) is 0.847. The summed E-state index contributed by atoms with van der Waals surface area (Å²) in [6.07, 6.45) is 6.86. The number of allylic oxidation sites excluding steroid dienone is 2. The number of rotatable bonds is 3. The number of carbonyl (C=O) groups excluding carboxylic acids is 1. The number of amides is 1. The van der Waals surface area contributed by atoms with Gasteiger partial charge in [-0.15, -0.1) is 0 Å². The lowest BCUT2D eigenvalue weighted by molar-refractivity contribution is 0.102. The van der Waals surface area contributed by atoms with Gasteiger partial charge in [-0.3, -0.25) is 9.48 Å². The third-order valence-electron chi connectivity index (χ3n) is 4.17. The Morgan fingerprint density at radius 1 is 1.26 bits per heavy atom. The number of hydrogen-bond donors (Lipinski definition) is 1. The molecule has 5 heteroatoms. The predicted octanol–water partition coefficient (Wildman–Crippen LogP) is 4.70. The van der Waals surface area contributed by atoms with Crippen molar-refractivity contribution in [2.24, 2.45) is 7.05 Å². The summed E-state index contributed by atoms with van der Waals surface area (Å²) in [7, 11) is 1.87. The summed E-state index contributed by atoms with van der Waals surface area (Å²) in [6, 6.07) is 7.35. The van der Waals surface area contributed by atoms with Gasteiger partial charge in [0.25, 0.3) is 5.91 Å². The van der Waals surface area contributed by atoms with E-state index in [4.69, 9.17) is 0 Å². The SMILES string of the molecule is Cc1nn(C)c(NC(=O)c2ccc(Br)cc2)c1C1=CCCCC1. The zero-order chi connectivity index (χ0) is 16.4. The van der Waals surface area contributed by atoms with Crippen molar-refractivity contribution >= 4 is 33.2 Å². The first-order valence-electron chi connectivity index (χ1n) is 7.86. The molecule has 2 aromatic rings. The predicted molar refractivity (Wildman–Crippen MR) is 96.5 cm³/mol. The zero-order valence-corrected chi connectivity index (χ0v) is 15.0. The standard InChI is InChI=1S/C18H20BrN3O/c1-12-16(13-6-4-3-5-7-13)17(22(2)21-12)20-18(23)14-8-10-15(19)11-9-14/h6,8-11H,3-5,7H2,1-2H3,(H,20,23). The molecule has 1 aromatic heterocycles. The summed E-state index contributed by atoms with van der Waals surface area (Å²) in [5.74, 6) is 0.668. The maximum absolute atomic E-state index is 12.5. The number of benzene rings is 1. The Kier molecular flexibility index (Phi) is 4.66. The fourth-order valence-electron chi connectivity index (χ4n) is 3.03. The lowest BCUT2D eigenvalue weighted by Gasteiger charge is -2.15. The first-order valence-corrected chi connectivity index (χ1v) is 8.65. The molecule has 0 fully saturated rings. The molecule has 4 nitrogen and oxygen atoms in total. The largest absolute Gasteiger partial charge is 0.306 e. The number of nitrogens with one attached hydrogen (secondary N) is 1. The Morgan fingerprint density at radius 3 is 2.65 bits per heavy atom. The van der Waals surface area contributed by atoms with Crippen LogP contribution >= 0.6 is 15.9 Å². The van der Waals surface area contributed by atoms with Gasteiger partial charge in [0.15, 0.2) is 0 Å². The Labute approximate surface area is 144 Å². The van der Waals surface area contributed by atoms with E-state index >= 15 is 0 Å². The van der Waals surface area contributed by atoms with E-state index in [1.165, 1.54) is 18.4 Å². The number of hydrogen-bond acceptors (Lipinski definition) is 2. The van der Waals surface area contributed by atoms with Gasteiger partial charge in [0, 0.05) is 22.6 Å².